The van der Waals surface area contributed by atoms with Gasteiger partial charge in [0.25, 0.3) is 0 Å². The number of benzene rings is 1. The molecule has 114 valence electrons. The maximum atomic E-state index is 12.3. The summed E-state index contributed by atoms with van der Waals surface area (Å²) in [5.74, 6) is -0.255. The van der Waals surface area contributed by atoms with Crippen molar-refractivity contribution >= 4 is 5.97 Å². The number of hydrogen-bond acceptors (Lipinski definition) is 3. The lowest BCUT2D eigenvalue weighted by atomic mass is 9.79. The third-order valence-corrected chi connectivity index (χ3v) is 4.15. The average molecular weight is 288 g/mol. The van der Waals surface area contributed by atoms with Crippen LogP contribution in [0.5, 0.6) is 0 Å². The zero-order valence-electron chi connectivity index (χ0n) is 13.0. The van der Waals surface area contributed by atoms with Gasteiger partial charge in [-0.15, -0.1) is 0 Å². The van der Waals surface area contributed by atoms with Crippen LogP contribution < -0.4 is 0 Å². The van der Waals surface area contributed by atoms with Gasteiger partial charge in [0, 0.05) is 5.92 Å². The minimum absolute atomic E-state index is 0.0541. The quantitative estimate of drug-likeness (QED) is 0.622. The molecule has 1 fully saturated rings. The number of ether oxygens (including phenoxy) is 2. The fraction of sp³-hybridized carbons (Fsp3) is 0.500. The maximum absolute atomic E-state index is 12.3. The van der Waals surface area contributed by atoms with Gasteiger partial charge in [-0.3, -0.25) is 4.79 Å². The van der Waals surface area contributed by atoms with E-state index in [4.69, 9.17) is 9.47 Å². The summed E-state index contributed by atoms with van der Waals surface area (Å²) in [5.41, 5.74) is 2.09. The molecule has 1 saturated heterocycles. The molecule has 0 aromatic heterocycles. The van der Waals surface area contributed by atoms with E-state index in [0.717, 1.165) is 17.6 Å². The van der Waals surface area contributed by atoms with Gasteiger partial charge in [0.15, 0.2) is 0 Å². The van der Waals surface area contributed by atoms with E-state index in [0.29, 0.717) is 6.61 Å². The Morgan fingerprint density at radius 3 is 2.57 bits per heavy atom. The molecular weight excluding hydrogens is 264 g/mol. The first-order valence-corrected chi connectivity index (χ1v) is 7.57. The van der Waals surface area contributed by atoms with E-state index in [1.807, 2.05) is 44.2 Å². The van der Waals surface area contributed by atoms with E-state index in [-0.39, 0.29) is 30.0 Å². The van der Waals surface area contributed by atoms with E-state index >= 15 is 0 Å². The Labute approximate surface area is 127 Å². The van der Waals surface area contributed by atoms with Crippen molar-refractivity contribution in [2.45, 2.75) is 39.4 Å². The van der Waals surface area contributed by atoms with Crippen molar-refractivity contribution in [3.8, 4) is 0 Å². The second-order valence-corrected chi connectivity index (χ2v) is 5.72. The Morgan fingerprint density at radius 1 is 1.33 bits per heavy atom. The van der Waals surface area contributed by atoms with Crippen molar-refractivity contribution in [1.29, 1.82) is 0 Å². The molecule has 1 aromatic rings. The second kappa shape index (κ2) is 6.90. The predicted octanol–water partition coefficient (Wildman–Crippen LogP) is 3.91. The fourth-order valence-corrected chi connectivity index (χ4v) is 3.03. The van der Waals surface area contributed by atoms with Gasteiger partial charge in [-0.2, -0.15) is 0 Å². The zero-order valence-corrected chi connectivity index (χ0v) is 13.0. The standard InChI is InChI=1S/C18H24O3/c1-5-20-18(19)16-11-15(12(2)3)13(4)21-17(16)14-9-7-6-8-10-14/h6-10,13,15-17H,2,5,11H2,1,3-4H3/t13-,15-,16-,17+/m0/s1. The van der Waals surface area contributed by atoms with Crippen LogP contribution in [0.2, 0.25) is 0 Å². The first kappa shape index (κ1) is 15.8. The predicted molar refractivity (Wildman–Crippen MR) is 82.8 cm³/mol. The Kier molecular flexibility index (Phi) is 5.18. The largest absolute Gasteiger partial charge is 0.466 e. The van der Waals surface area contributed by atoms with Crippen LogP contribution >= 0.6 is 0 Å². The molecule has 0 radical (unpaired) electrons. The summed E-state index contributed by atoms with van der Waals surface area (Å²) in [6.07, 6.45) is 0.545. The second-order valence-electron chi connectivity index (χ2n) is 5.72. The van der Waals surface area contributed by atoms with Crippen LogP contribution in [0.3, 0.4) is 0 Å². The third-order valence-electron chi connectivity index (χ3n) is 4.15. The lowest BCUT2D eigenvalue weighted by molar-refractivity contribution is -0.166. The van der Waals surface area contributed by atoms with Crippen LogP contribution in [-0.4, -0.2) is 18.7 Å². The van der Waals surface area contributed by atoms with Crippen molar-refractivity contribution in [1.82, 2.24) is 0 Å². The smallest absolute Gasteiger partial charge is 0.311 e. The van der Waals surface area contributed by atoms with Gasteiger partial charge in [-0.1, -0.05) is 42.5 Å². The van der Waals surface area contributed by atoms with Gasteiger partial charge in [-0.25, -0.2) is 0 Å². The molecule has 1 heterocycles. The molecule has 1 aliphatic heterocycles. The van der Waals surface area contributed by atoms with Crippen molar-refractivity contribution in [2.75, 3.05) is 6.61 Å². The van der Waals surface area contributed by atoms with Crippen molar-refractivity contribution in [2.24, 2.45) is 11.8 Å². The summed E-state index contributed by atoms with van der Waals surface area (Å²) in [6.45, 7) is 10.3. The molecular formula is C18H24O3. The summed E-state index contributed by atoms with van der Waals surface area (Å²) in [6, 6.07) is 9.91. The van der Waals surface area contributed by atoms with Crippen molar-refractivity contribution in [3.05, 3.63) is 48.0 Å². The Bertz CT molecular complexity index is 494. The molecule has 2 rings (SSSR count). The monoisotopic (exact) mass is 288 g/mol. The van der Waals surface area contributed by atoms with Gasteiger partial charge in [0.1, 0.15) is 0 Å². The molecule has 3 nitrogen and oxygen atoms in total. The fourth-order valence-electron chi connectivity index (χ4n) is 3.03. The number of rotatable bonds is 4. The van der Waals surface area contributed by atoms with Crippen molar-refractivity contribution < 1.29 is 14.3 Å². The van der Waals surface area contributed by atoms with Crippen LogP contribution in [0.1, 0.15) is 38.9 Å². The maximum Gasteiger partial charge on any atom is 0.311 e. The summed E-state index contributed by atoms with van der Waals surface area (Å²) < 4.78 is 11.4. The Balaban J connectivity index is 2.28. The summed E-state index contributed by atoms with van der Waals surface area (Å²) in [5, 5.41) is 0. The lowest BCUT2D eigenvalue weighted by Gasteiger charge is -2.39. The molecule has 21 heavy (non-hydrogen) atoms. The molecule has 0 spiro atoms. The molecule has 1 aliphatic rings. The van der Waals surface area contributed by atoms with Gasteiger partial charge >= 0.3 is 5.97 Å². The van der Waals surface area contributed by atoms with E-state index in [2.05, 4.69) is 13.5 Å². The zero-order chi connectivity index (χ0) is 15.4. The van der Waals surface area contributed by atoms with E-state index < -0.39 is 0 Å². The molecule has 0 bridgehead atoms. The Morgan fingerprint density at radius 2 is 2.00 bits per heavy atom. The molecule has 4 atom stereocenters. The molecule has 0 aliphatic carbocycles. The first-order chi connectivity index (χ1) is 10.0. The molecule has 0 amide bonds. The normalized spacial score (nSPS) is 28.9. The van der Waals surface area contributed by atoms with Crippen LogP contribution in [0.25, 0.3) is 0 Å². The van der Waals surface area contributed by atoms with Gasteiger partial charge in [0.2, 0.25) is 0 Å². The molecule has 0 saturated carbocycles. The highest BCUT2D eigenvalue weighted by molar-refractivity contribution is 5.73. The minimum Gasteiger partial charge on any atom is -0.466 e. The number of esters is 1. The van der Waals surface area contributed by atoms with E-state index in [1.165, 1.54) is 0 Å². The van der Waals surface area contributed by atoms with Gasteiger partial charge < -0.3 is 9.47 Å². The molecule has 3 heteroatoms. The van der Waals surface area contributed by atoms with E-state index in [9.17, 15) is 4.79 Å². The lowest BCUT2D eigenvalue weighted by Crippen LogP contribution is -2.39. The van der Waals surface area contributed by atoms with Gasteiger partial charge in [-0.05, 0) is 32.8 Å². The molecule has 0 N–H and O–H groups in total. The summed E-state index contributed by atoms with van der Waals surface area (Å²) >= 11 is 0. The average Bonchev–Trinajstić information content (AvgIpc) is 2.47. The molecule has 1 aromatic carbocycles. The summed E-state index contributed by atoms with van der Waals surface area (Å²) in [7, 11) is 0. The highest BCUT2D eigenvalue weighted by Crippen LogP contribution is 2.41. The minimum atomic E-state index is -0.273. The van der Waals surface area contributed by atoms with E-state index in [1.54, 1.807) is 0 Å². The third kappa shape index (κ3) is 3.53. The number of hydrogen-bond donors (Lipinski definition) is 0. The van der Waals surface area contributed by atoms with Crippen LogP contribution in [0.4, 0.5) is 0 Å². The number of carbonyl (C=O) groups is 1. The topological polar surface area (TPSA) is 35.5 Å². The van der Waals surface area contributed by atoms with Crippen LogP contribution in [-0.2, 0) is 14.3 Å². The summed E-state index contributed by atoms with van der Waals surface area (Å²) in [4.78, 5) is 12.3. The van der Waals surface area contributed by atoms with Crippen LogP contribution in [0.15, 0.2) is 42.5 Å². The highest BCUT2D eigenvalue weighted by atomic mass is 16.5. The SMILES string of the molecule is C=C(C)[C@@H]1C[C@H](C(=O)OCC)[C@@H](c2ccccc2)O[C@H]1C. The van der Waals surface area contributed by atoms with Crippen molar-refractivity contribution in [3.63, 3.8) is 0 Å². The molecule has 0 unspecified atom stereocenters. The number of carbonyl (C=O) groups excluding carboxylic acids is 1. The van der Waals surface area contributed by atoms with Gasteiger partial charge in [0.05, 0.1) is 24.7 Å². The first-order valence-electron chi connectivity index (χ1n) is 7.57. The Hall–Kier alpha value is -1.61. The van der Waals surface area contributed by atoms with Crippen LogP contribution in [0, 0.1) is 11.8 Å². The highest BCUT2D eigenvalue weighted by Gasteiger charge is 2.41.